The first-order chi connectivity index (χ1) is 13.5. The predicted octanol–water partition coefficient (Wildman–Crippen LogP) is 3.02. The fourth-order valence-electron chi connectivity index (χ4n) is 3.18. The third kappa shape index (κ3) is 4.28. The number of hydrogen-bond donors (Lipinski definition) is 0. The first-order valence-corrected chi connectivity index (χ1v) is 9.06. The van der Waals surface area contributed by atoms with Crippen LogP contribution in [0.15, 0.2) is 60.8 Å². The highest BCUT2D eigenvalue weighted by Gasteiger charge is 2.21. The van der Waals surface area contributed by atoms with Gasteiger partial charge < -0.3 is 14.5 Å². The monoisotopic (exact) mass is 378 g/mol. The molecule has 0 fully saturated rings. The van der Waals surface area contributed by atoms with E-state index in [9.17, 15) is 14.8 Å². The molecule has 0 saturated carbocycles. The highest BCUT2D eigenvalue weighted by atomic mass is 16.5. The van der Waals surface area contributed by atoms with Gasteiger partial charge in [0.2, 0.25) is 5.78 Å². The molecule has 0 radical (unpaired) electrons. The number of esters is 1. The largest absolute Gasteiger partial charge is 0.618 e. The lowest BCUT2D eigenvalue weighted by Crippen LogP contribution is -2.35. The van der Waals surface area contributed by atoms with Gasteiger partial charge in [0, 0.05) is 35.6 Å². The van der Waals surface area contributed by atoms with Crippen LogP contribution in [0.3, 0.4) is 0 Å². The summed E-state index contributed by atoms with van der Waals surface area (Å²) in [5.41, 5.74) is 3.42. The van der Waals surface area contributed by atoms with Crippen molar-refractivity contribution in [3.63, 3.8) is 0 Å². The van der Waals surface area contributed by atoms with E-state index in [0.717, 1.165) is 24.4 Å². The molecule has 0 N–H and O–H groups in total. The normalized spacial score (nSPS) is 10.6. The molecule has 3 aromatic rings. The molecule has 6 heteroatoms. The van der Waals surface area contributed by atoms with Gasteiger partial charge in [0.1, 0.15) is 0 Å². The Hall–Kier alpha value is -3.41. The molecule has 1 aromatic carbocycles. The zero-order chi connectivity index (χ0) is 20.1. The first kappa shape index (κ1) is 19.4. The van der Waals surface area contributed by atoms with E-state index in [1.54, 1.807) is 6.07 Å². The van der Waals surface area contributed by atoms with Crippen LogP contribution < -0.4 is 4.73 Å². The third-order valence-corrected chi connectivity index (χ3v) is 4.71. The van der Waals surface area contributed by atoms with Gasteiger partial charge in [-0.2, -0.15) is 4.73 Å². The van der Waals surface area contributed by atoms with Crippen molar-refractivity contribution in [2.45, 2.75) is 26.8 Å². The molecule has 2 heterocycles. The summed E-state index contributed by atoms with van der Waals surface area (Å²) in [5, 5.41) is 11.6. The van der Waals surface area contributed by atoms with Gasteiger partial charge in [0.05, 0.1) is 0 Å². The van der Waals surface area contributed by atoms with Crippen molar-refractivity contribution in [2.75, 3.05) is 6.61 Å². The molecule has 2 aromatic heterocycles. The summed E-state index contributed by atoms with van der Waals surface area (Å²) in [7, 11) is 0. The van der Waals surface area contributed by atoms with Gasteiger partial charge in [-0.25, -0.2) is 4.79 Å². The molecular weight excluding hydrogens is 356 g/mol. The van der Waals surface area contributed by atoms with Crippen molar-refractivity contribution in [3.05, 3.63) is 94.2 Å². The number of Topliss-reactive ketones (excluding diaryl/α,β-unsaturated/α-hetero) is 1. The number of nitrogens with zero attached hydrogens (tertiary/aromatic N) is 2. The molecule has 0 atom stereocenters. The van der Waals surface area contributed by atoms with E-state index in [2.05, 4.69) is 16.7 Å². The fourth-order valence-corrected chi connectivity index (χ4v) is 3.18. The number of hydrogen-bond acceptors (Lipinski definition) is 4. The lowest BCUT2D eigenvalue weighted by atomic mass is 10.1. The maximum atomic E-state index is 12.6. The molecule has 0 spiro atoms. The number of aromatic nitrogens is 2. The van der Waals surface area contributed by atoms with Crippen LogP contribution >= 0.6 is 0 Å². The Balaban J connectivity index is 1.65. The highest BCUT2D eigenvalue weighted by Crippen LogP contribution is 2.17. The molecule has 144 valence electrons. The number of rotatable bonds is 7. The Morgan fingerprint density at radius 1 is 1.07 bits per heavy atom. The van der Waals surface area contributed by atoms with Gasteiger partial charge in [-0.05, 0) is 38.0 Å². The van der Waals surface area contributed by atoms with Crippen LogP contribution in [-0.2, 0) is 17.7 Å². The van der Waals surface area contributed by atoms with Gasteiger partial charge in [-0.1, -0.05) is 30.3 Å². The molecule has 0 bridgehead atoms. The molecular formula is C22H22N2O4. The van der Waals surface area contributed by atoms with E-state index >= 15 is 0 Å². The number of carbonyl (C=O) groups is 2. The fraction of sp³-hybridized carbons (Fsp3) is 0.227. The number of ketones is 1. The van der Waals surface area contributed by atoms with Crippen LogP contribution in [0.1, 0.15) is 37.8 Å². The SMILES string of the molecule is Cc1cc(C(=O)COC(=O)c2cccc[n+]2[O-])c(C)n1CCc1ccccc1. The maximum absolute atomic E-state index is 12.6. The van der Waals surface area contributed by atoms with Crippen LogP contribution in [0.25, 0.3) is 0 Å². The number of pyridine rings is 1. The van der Waals surface area contributed by atoms with E-state index in [1.807, 2.05) is 38.1 Å². The standard InChI is InChI=1S/C22H22N2O4/c1-16-14-19(17(2)23(16)13-11-18-8-4-3-5-9-18)21(25)15-28-22(26)20-10-6-7-12-24(20)27/h3-10,12,14H,11,13,15H2,1-2H3. The first-order valence-electron chi connectivity index (χ1n) is 9.06. The number of ether oxygens (including phenoxy) is 1. The minimum absolute atomic E-state index is 0.149. The quantitative estimate of drug-likeness (QED) is 0.274. The summed E-state index contributed by atoms with van der Waals surface area (Å²) in [6.45, 7) is 4.19. The summed E-state index contributed by atoms with van der Waals surface area (Å²) in [6.07, 6.45) is 2.07. The van der Waals surface area contributed by atoms with Crippen LogP contribution in [0, 0.1) is 19.1 Å². The number of benzene rings is 1. The highest BCUT2D eigenvalue weighted by molar-refractivity contribution is 6.00. The van der Waals surface area contributed by atoms with Crippen LogP contribution in [-0.4, -0.2) is 22.9 Å². The molecule has 28 heavy (non-hydrogen) atoms. The van der Waals surface area contributed by atoms with Crippen molar-refractivity contribution in [2.24, 2.45) is 0 Å². The summed E-state index contributed by atoms with van der Waals surface area (Å²) in [5.74, 6) is -1.11. The summed E-state index contributed by atoms with van der Waals surface area (Å²) < 4.78 is 7.55. The Morgan fingerprint density at radius 3 is 2.50 bits per heavy atom. The van der Waals surface area contributed by atoms with E-state index < -0.39 is 12.6 Å². The zero-order valence-electron chi connectivity index (χ0n) is 15.9. The smallest absolute Gasteiger partial charge is 0.405 e. The molecule has 6 nitrogen and oxygen atoms in total. The van der Waals surface area contributed by atoms with Crippen LogP contribution in [0.5, 0.6) is 0 Å². The van der Waals surface area contributed by atoms with E-state index in [0.29, 0.717) is 10.3 Å². The van der Waals surface area contributed by atoms with Crippen LogP contribution in [0.2, 0.25) is 0 Å². The zero-order valence-corrected chi connectivity index (χ0v) is 15.9. The van der Waals surface area contributed by atoms with Gasteiger partial charge >= 0.3 is 11.7 Å². The van der Waals surface area contributed by atoms with Crippen molar-refractivity contribution >= 4 is 11.8 Å². The van der Waals surface area contributed by atoms with E-state index in [1.165, 1.54) is 23.9 Å². The topological polar surface area (TPSA) is 75.2 Å². The third-order valence-electron chi connectivity index (χ3n) is 4.71. The Bertz CT molecular complexity index is 993. The summed E-state index contributed by atoms with van der Waals surface area (Å²) >= 11 is 0. The Labute approximate surface area is 163 Å². The molecule has 0 amide bonds. The molecule has 0 saturated heterocycles. The average Bonchev–Trinajstić information content (AvgIpc) is 2.99. The van der Waals surface area contributed by atoms with Crippen molar-refractivity contribution in [1.29, 1.82) is 0 Å². The maximum Gasteiger partial charge on any atom is 0.405 e. The van der Waals surface area contributed by atoms with E-state index in [-0.39, 0.29) is 11.5 Å². The minimum atomic E-state index is -0.818. The Morgan fingerprint density at radius 2 is 1.79 bits per heavy atom. The number of aryl methyl sites for hydroxylation is 2. The summed E-state index contributed by atoms with van der Waals surface area (Å²) in [6, 6.07) is 16.4. The van der Waals surface area contributed by atoms with Crippen LogP contribution in [0.4, 0.5) is 0 Å². The molecule has 0 aliphatic rings. The second-order valence-corrected chi connectivity index (χ2v) is 6.58. The number of carbonyl (C=O) groups excluding carboxylic acids is 2. The predicted molar refractivity (Wildman–Crippen MR) is 104 cm³/mol. The Kier molecular flexibility index (Phi) is 5.89. The average molecular weight is 378 g/mol. The van der Waals surface area contributed by atoms with Gasteiger partial charge in [0.15, 0.2) is 12.8 Å². The van der Waals surface area contributed by atoms with Gasteiger partial charge in [-0.3, -0.25) is 4.79 Å². The molecule has 0 aliphatic heterocycles. The molecule has 3 rings (SSSR count). The van der Waals surface area contributed by atoms with Gasteiger partial charge in [0.25, 0.3) is 0 Å². The lowest BCUT2D eigenvalue weighted by molar-refractivity contribution is -0.608. The van der Waals surface area contributed by atoms with Crippen molar-refractivity contribution < 1.29 is 19.1 Å². The summed E-state index contributed by atoms with van der Waals surface area (Å²) in [4.78, 5) is 24.6. The second kappa shape index (κ2) is 8.52. The lowest BCUT2D eigenvalue weighted by Gasteiger charge is -2.10. The van der Waals surface area contributed by atoms with Crippen molar-refractivity contribution in [1.82, 2.24) is 4.57 Å². The second-order valence-electron chi connectivity index (χ2n) is 6.58. The van der Waals surface area contributed by atoms with E-state index in [4.69, 9.17) is 4.74 Å². The molecule has 0 aliphatic carbocycles. The van der Waals surface area contributed by atoms with Crippen molar-refractivity contribution in [3.8, 4) is 0 Å². The van der Waals surface area contributed by atoms with Gasteiger partial charge in [-0.15, -0.1) is 0 Å². The minimum Gasteiger partial charge on any atom is -0.618 e. The molecule has 0 unspecified atom stereocenters.